The molecule has 0 radical (unpaired) electrons. The Balaban J connectivity index is 1.38. The average Bonchev–Trinajstić information content (AvgIpc) is 3.11. The smallest absolute Gasteiger partial charge is 0.259 e. The summed E-state index contributed by atoms with van der Waals surface area (Å²) in [6.07, 6.45) is 3.64. The molecule has 2 aliphatic heterocycles. The molecule has 0 spiro atoms. The van der Waals surface area contributed by atoms with Gasteiger partial charge in [-0.25, -0.2) is 5.43 Å². The molecule has 0 atom stereocenters. The van der Waals surface area contributed by atoms with Crippen LogP contribution in [0.2, 0.25) is 5.02 Å². The second kappa shape index (κ2) is 7.25. The standard InChI is InChI=1S/C19H18ClN3O3/c20-15-8-13(9-17-19(15)26-12-25-17)10-21-22-18(24)11-23-7-3-5-14-4-1-2-6-16(14)23/h1-2,4,6,8-10H,3,5,7,11-12H2,(H,22,24)/b21-10-. The number of amides is 1. The third-order valence-corrected chi connectivity index (χ3v) is 4.67. The highest BCUT2D eigenvalue weighted by atomic mass is 35.5. The molecule has 0 fully saturated rings. The highest BCUT2D eigenvalue weighted by Crippen LogP contribution is 2.39. The molecule has 7 heteroatoms. The van der Waals surface area contributed by atoms with Crippen LogP contribution in [0.5, 0.6) is 11.5 Å². The number of nitrogens with zero attached hydrogens (tertiary/aromatic N) is 2. The minimum atomic E-state index is -0.162. The fraction of sp³-hybridized carbons (Fsp3) is 0.263. The number of aryl methyl sites for hydroxylation is 1. The van der Waals surface area contributed by atoms with Crippen molar-refractivity contribution in [3.63, 3.8) is 0 Å². The third kappa shape index (κ3) is 3.46. The van der Waals surface area contributed by atoms with Crippen molar-refractivity contribution in [2.24, 2.45) is 5.10 Å². The zero-order valence-corrected chi connectivity index (χ0v) is 14.8. The Morgan fingerprint density at radius 1 is 1.31 bits per heavy atom. The van der Waals surface area contributed by atoms with Crippen LogP contribution >= 0.6 is 11.6 Å². The molecular weight excluding hydrogens is 354 g/mol. The van der Waals surface area contributed by atoms with Gasteiger partial charge in [-0.3, -0.25) is 4.79 Å². The Morgan fingerprint density at radius 3 is 3.12 bits per heavy atom. The summed E-state index contributed by atoms with van der Waals surface area (Å²) >= 11 is 6.13. The van der Waals surface area contributed by atoms with Gasteiger partial charge in [-0.2, -0.15) is 5.10 Å². The summed E-state index contributed by atoms with van der Waals surface area (Å²) in [6, 6.07) is 11.7. The van der Waals surface area contributed by atoms with Gasteiger partial charge in [0.25, 0.3) is 5.91 Å². The third-order valence-electron chi connectivity index (χ3n) is 4.39. The number of carbonyl (C=O) groups is 1. The monoisotopic (exact) mass is 371 g/mol. The maximum absolute atomic E-state index is 12.2. The molecule has 6 nitrogen and oxygen atoms in total. The fourth-order valence-electron chi connectivity index (χ4n) is 3.23. The van der Waals surface area contributed by atoms with E-state index in [1.165, 1.54) is 11.8 Å². The molecular formula is C19H18ClN3O3. The van der Waals surface area contributed by atoms with Crippen LogP contribution in [-0.2, 0) is 11.2 Å². The summed E-state index contributed by atoms with van der Waals surface area (Å²) in [6.45, 7) is 1.30. The van der Waals surface area contributed by atoms with E-state index in [9.17, 15) is 4.79 Å². The van der Waals surface area contributed by atoms with Crippen LogP contribution in [0, 0.1) is 0 Å². The van der Waals surface area contributed by atoms with Gasteiger partial charge in [0.05, 0.1) is 17.8 Å². The largest absolute Gasteiger partial charge is 0.454 e. The quantitative estimate of drug-likeness (QED) is 0.663. The van der Waals surface area contributed by atoms with Gasteiger partial charge in [-0.1, -0.05) is 29.8 Å². The van der Waals surface area contributed by atoms with E-state index < -0.39 is 0 Å². The lowest BCUT2D eigenvalue weighted by atomic mass is 10.0. The predicted octanol–water partition coefficient (Wildman–Crippen LogP) is 2.97. The van der Waals surface area contributed by atoms with Crippen molar-refractivity contribution in [1.82, 2.24) is 5.43 Å². The molecule has 2 heterocycles. The molecule has 0 unspecified atom stereocenters. The lowest BCUT2D eigenvalue weighted by Gasteiger charge is -2.30. The van der Waals surface area contributed by atoms with Crippen molar-refractivity contribution in [3.05, 3.63) is 52.5 Å². The number of carbonyl (C=O) groups excluding carboxylic acids is 1. The van der Waals surface area contributed by atoms with Crippen LogP contribution < -0.4 is 19.8 Å². The van der Waals surface area contributed by atoms with E-state index in [0.29, 0.717) is 16.5 Å². The van der Waals surface area contributed by atoms with E-state index in [0.717, 1.165) is 30.6 Å². The van der Waals surface area contributed by atoms with Gasteiger partial charge in [0.1, 0.15) is 0 Å². The zero-order valence-electron chi connectivity index (χ0n) is 14.1. The number of para-hydroxylation sites is 1. The molecule has 2 aliphatic rings. The number of nitrogens with one attached hydrogen (secondary N) is 1. The van der Waals surface area contributed by atoms with Crippen LogP contribution in [0.25, 0.3) is 0 Å². The van der Waals surface area contributed by atoms with Crippen molar-refractivity contribution >= 4 is 29.4 Å². The maximum Gasteiger partial charge on any atom is 0.259 e. The number of fused-ring (bicyclic) bond motifs is 2. The highest BCUT2D eigenvalue weighted by Gasteiger charge is 2.19. The molecule has 1 N–H and O–H groups in total. The van der Waals surface area contributed by atoms with Crippen molar-refractivity contribution in [2.45, 2.75) is 12.8 Å². The van der Waals surface area contributed by atoms with E-state index in [-0.39, 0.29) is 19.2 Å². The molecule has 0 aromatic heterocycles. The number of hydrazone groups is 1. The summed E-state index contributed by atoms with van der Waals surface area (Å²) in [5.41, 5.74) is 5.70. The van der Waals surface area contributed by atoms with Crippen molar-refractivity contribution in [2.75, 3.05) is 24.8 Å². The lowest BCUT2D eigenvalue weighted by Crippen LogP contribution is -2.38. The summed E-state index contributed by atoms with van der Waals surface area (Å²) < 4.78 is 10.6. The van der Waals surface area contributed by atoms with E-state index in [4.69, 9.17) is 21.1 Å². The number of ether oxygens (including phenoxy) is 2. The normalized spacial score (nSPS) is 15.2. The van der Waals surface area contributed by atoms with Gasteiger partial charge in [0.2, 0.25) is 6.79 Å². The van der Waals surface area contributed by atoms with Crippen molar-refractivity contribution in [1.29, 1.82) is 0 Å². The molecule has 2 aromatic carbocycles. The summed E-state index contributed by atoms with van der Waals surface area (Å²) in [7, 11) is 0. The molecule has 0 saturated heterocycles. The highest BCUT2D eigenvalue weighted by molar-refractivity contribution is 6.32. The first-order chi connectivity index (χ1) is 12.7. The first kappa shape index (κ1) is 16.7. The second-order valence-corrected chi connectivity index (χ2v) is 6.59. The maximum atomic E-state index is 12.2. The number of anilines is 1. The average molecular weight is 372 g/mol. The van der Waals surface area contributed by atoms with Gasteiger partial charge in [0.15, 0.2) is 11.5 Å². The Hall–Kier alpha value is -2.73. The number of benzene rings is 2. The Bertz CT molecular complexity index is 869. The molecule has 0 bridgehead atoms. The van der Waals surface area contributed by atoms with Crippen LogP contribution in [0.3, 0.4) is 0 Å². The van der Waals surface area contributed by atoms with Gasteiger partial charge in [-0.05, 0) is 42.2 Å². The van der Waals surface area contributed by atoms with Gasteiger partial charge < -0.3 is 14.4 Å². The lowest BCUT2D eigenvalue weighted by molar-refractivity contribution is -0.119. The summed E-state index contributed by atoms with van der Waals surface area (Å²) in [5, 5.41) is 4.48. The van der Waals surface area contributed by atoms with E-state index >= 15 is 0 Å². The van der Waals surface area contributed by atoms with Crippen molar-refractivity contribution in [3.8, 4) is 11.5 Å². The minimum Gasteiger partial charge on any atom is -0.454 e. The predicted molar refractivity (Wildman–Crippen MR) is 100 cm³/mol. The molecule has 1 amide bonds. The molecule has 0 aliphatic carbocycles. The van der Waals surface area contributed by atoms with E-state index in [2.05, 4.69) is 27.6 Å². The van der Waals surface area contributed by atoms with Crippen LogP contribution in [-0.4, -0.2) is 32.0 Å². The zero-order chi connectivity index (χ0) is 17.9. The number of hydrogen-bond donors (Lipinski definition) is 1. The Morgan fingerprint density at radius 2 is 2.19 bits per heavy atom. The molecule has 0 saturated carbocycles. The van der Waals surface area contributed by atoms with E-state index in [1.807, 2.05) is 12.1 Å². The molecule has 4 rings (SSSR count). The van der Waals surface area contributed by atoms with Crippen LogP contribution in [0.4, 0.5) is 5.69 Å². The first-order valence-corrected chi connectivity index (χ1v) is 8.82. The number of hydrogen-bond acceptors (Lipinski definition) is 5. The Kier molecular flexibility index (Phi) is 4.67. The van der Waals surface area contributed by atoms with Gasteiger partial charge in [-0.15, -0.1) is 0 Å². The minimum absolute atomic E-state index is 0.156. The number of rotatable bonds is 4. The van der Waals surface area contributed by atoms with Crippen LogP contribution in [0.15, 0.2) is 41.5 Å². The number of halogens is 1. The summed E-state index contributed by atoms with van der Waals surface area (Å²) in [4.78, 5) is 14.3. The van der Waals surface area contributed by atoms with E-state index in [1.54, 1.807) is 12.1 Å². The van der Waals surface area contributed by atoms with Crippen molar-refractivity contribution < 1.29 is 14.3 Å². The molecule has 2 aromatic rings. The topological polar surface area (TPSA) is 63.2 Å². The second-order valence-electron chi connectivity index (χ2n) is 6.18. The first-order valence-electron chi connectivity index (χ1n) is 8.44. The van der Waals surface area contributed by atoms with Crippen LogP contribution in [0.1, 0.15) is 17.5 Å². The molecule has 134 valence electrons. The Labute approximate surface area is 156 Å². The SMILES string of the molecule is O=C(CN1CCCc2ccccc21)N/N=C\c1cc(Cl)c2c(c1)OCO2. The summed E-state index contributed by atoms with van der Waals surface area (Å²) in [5.74, 6) is 0.955. The van der Waals surface area contributed by atoms with Gasteiger partial charge >= 0.3 is 0 Å². The van der Waals surface area contributed by atoms with Gasteiger partial charge in [0, 0.05) is 12.2 Å². The molecule has 26 heavy (non-hydrogen) atoms. The fourth-order valence-corrected chi connectivity index (χ4v) is 3.50.